The normalized spacial score (nSPS) is 13.7. The molecule has 0 aliphatic carbocycles. The summed E-state index contributed by atoms with van der Waals surface area (Å²) in [5, 5.41) is 4.57. The first kappa shape index (κ1) is 21.4. The number of anilines is 2. The van der Waals surface area contributed by atoms with Crippen LogP contribution in [-0.2, 0) is 4.79 Å². The molecule has 0 bridgehead atoms. The van der Waals surface area contributed by atoms with E-state index in [2.05, 4.69) is 10.2 Å². The molecule has 2 aromatic carbocycles. The van der Waals surface area contributed by atoms with Crippen LogP contribution in [0.4, 0.5) is 11.4 Å². The summed E-state index contributed by atoms with van der Waals surface area (Å²) in [5.41, 5.74) is 2.81. The maximum Gasteiger partial charge on any atom is 0.262 e. The van der Waals surface area contributed by atoms with E-state index in [9.17, 15) is 4.79 Å². The zero-order chi connectivity index (χ0) is 20.4. The summed E-state index contributed by atoms with van der Waals surface area (Å²) in [5.74, 6) is -0.0798. The summed E-state index contributed by atoms with van der Waals surface area (Å²) in [7, 11) is 0. The molecule has 0 aromatic heterocycles. The number of para-hydroxylation sites is 1. The van der Waals surface area contributed by atoms with Crippen LogP contribution < -0.4 is 15.0 Å². The van der Waals surface area contributed by atoms with Gasteiger partial charge in [0.2, 0.25) is 0 Å². The van der Waals surface area contributed by atoms with Crippen LogP contribution in [0.15, 0.2) is 18.2 Å². The van der Waals surface area contributed by atoms with Gasteiger partial charge in [-0.1, -0.05) is 52.5 Å². The monoisotopic (exact) mass is 460 g/mol. The van der Waals surface area contributed by atoms with Crippen molar-refractivity contribution in [3.63, 3.8) is 0 Å². The van der Waals surface area contributed by atoms with Crippen molar-refractivity contribution in [3.8, 4) is 5.75 Å². The molecule has 1 heterocycles. The van der Waals surface area contributed by atoms with E-state index in [4.69, 9.17) is 51.1 Å². The van der Waals surface area contributed by atoms with Crippen molar-refractivity contribution in [2.45, 2.75) is 26.7 Å². The van der Waals surface area contributed by atoms with E-state index in [1.165, 1.54) is 0 Å². The van der Waals surface area contributed by atoms with Crippen LogP contribution in [0.2, 0.25) is 20.1 Å². The molecule has 1 aliphatic rings. The fraction of sp³-hybridized carbons (Fsp3) is 0.350. The highest BCUT2D eigenvalue weighted by atomic mass is 35.5. The third-order valence-corrected chi connectivity index (χ3v) is 6.53. The molecule has 150 valence electrons. The smallest absolute Gasteiger partial charge is 0.262 e. The first-order valence-electron chi connectivity index (χ1n) is 8.91. The van der Waals surface area contributed by atoms with Gasteiger partial charge in [-0.3, -0.25) is 4.79 Å². The Morgan fingerprint density at radius 2 is 1.64 bits per heavy atom. The minimum Gasteiger partial charge on any atom is -0.481 e. The number of hydrogen-bond donors (Lipinski definition) is 1. The highest BCUT2D eigenvalue weighted by Crippen LogP contribution is 2.42. The first-order valence-corrected chi connectivity index (χ1v) is 10.4. The minimum atomic E-state index is -0.333. The molecule has 1 fully saturated rings. The molecule has 1 amide bonds. The van der Waals surface area contributed by atoms with Crippen LogP contribution in [0.1, 0.15) is 24.0 Å². The van der Waals surface area contributed by atoms with E-state index in [0.717, 1.165) is 31.6 Å². The molecule has 1 aliphatic heterocycles. The molecule has 0 spiro atoms. The van der Waals surface area contributed by atoms with E-state index in [0.29, 0.717) is 36.9 Å². The van der Waals surface area contributed by atoms with Crippen LogP contribution in [0.5, 0.6) is 5.75 Å². The van der Waals surface area contributed by atoms with Gasteiger partial charge in [0.05, 0.1) is 26.4 Å². The Kier molecular flexibility index (Phi) is 6.87. The summed E-state index contributed by atoms with van der Waals surface area (Å²) >= 11 is 25.2. The average Bonchev–Trinajstić information content (AvgIpc) is 3.19. The molecule has 3 rings (SSSR count). The number of amides is 1. The number of halogens is 4. The summed E-state index contributed by atoms with van der Waals surface area (Å²) in [6.45, 7) is 5.13. The molecule has 28 heavy (non-hydrogen) atoms. The molecule has 1 N–H and O–H groups in total. The van der Waals surface area contributed by atoms with Gasteiger partial charge in [0.15, 0.2) is 12.4 Å². The number of nitrogens with one attached hydrogen (secondary N) is 1. The largest absolute Gasteiger partial charge is 0.481 e. The molecule has 0 atom stereocenters. The van der Waals surface area contributed by atoms with Crippen molar-refractivity contribution >= 4 is 63.7 Å². The van der Waals surface area contributed by atoms with E-state index in [-0.39, 0.29) is 18.3 Å². The number of carbonyl (C=O) groups is 1. The fourth-order valence-electron chi connectivity index (χ4n) is 3.24. The second kappa shape index (κ2) is 9.00. The number of nitrogens with zero attached hydrogens (tertiary/aromatic N) is 1. The van der Waals surface area contributed by atoms with Gasteiger partial charge < -0.3 is 15.0 Å². The molecule has 8 heteroatoms. The Morgan fingerprint density at radius 3 is 2.25 bits per heavy atom. The highest BCUT2D eigenvalue weighted by molar-refractivity contribution is 6.42. The molecular formula is C20H20Cl4N2O2. The summed E-state index contributed by atoms with van der Waals surface area (Å²) < 4.78 is 5.63. The Morgan fingerprint density at radius 1 is 1.04 bits per heavy atom. The van der Waals surface area contributed by atoms with Crippen molar-refractivity contribution < 1.29 is 9.53 Å². The van der Waals surface area contributed by atoms with Crippen LogP contribution in [0.3, 0.4) is 0 Å². The zero-order valence-electron chi connectivity index (χ0n) is 15.5. The standard InChI is InChI=1S/C20H20Cl4N2O2/c1-11-16(22)12(2)18(24)20(17(11)23)28-10-15(27)25-14-7-5-6-13(21)19(14)26-8-3-4-9-26/h5-7H,3-4,8-10H2,1-2H3,(H,25,27). The van der Waals surface area contributed by atoms with Gasteiger partial charge in [0.1, 0.15) is 0 Å². The lowest BCUT2D eigenvalue weighted by molar-refractivity contribution is -0.118. The molecule has 0 radical (unpaired) electrons. The number of benzene rings is 2. The Labute approximate surface area is 184 Å². The van der Waals surface area contributed by atoms with Crippen molar-refractivity contribution in [1.82, 2.24) is 0 Å². The topological polar surface area (TPSA) is 41.6 Å². The Hall–Kier alpha value is -1.33. The van der Waals surface area contributed by atoms with Crippen molar-refractivity contribution in [3.05, 3.63) is 49.4 Å². The molecular weight excluding hydrogens is 442 g/mol. The van der Waals surface area contributed by atoms with Gasteiger partial charge in [0.25, 0.3) is 5.91 Å². The fourth-order valence-corrected chi connectivity index (χ4v) is 4.36. The first-order chi connectivity index (χ1) is 13.3. The molecule has 2 aromatic rings. The van der Waals surface area contributed by atoms with Crippen LogP contribution in [0.25, 0.3) is 0 Å². The summed E-state index contributed by atoms with van der Waals surface area (Å²) in [6.07, 6.45) is 2.21. The van der Waals surface area contributed by atoms with Crippen LogP contribution in [-0.4, -0.2) is 25.6 Å². The van der Waals surface area contributed by atoms with Crippen LogP contribution in [0, 0.1) is 13.8 Å². The lowest BCUT2D eigenvalue weighted by atomic mass is 10.1. The lowest BCUT2D eigenvalue weighted by Gasteiger charge is -2.23. The molecule has 0 unspecified atom stereocenters. The summed E-state index contributed by atoms with van der Waals surface area (Å²) in [4.78, 5) is 14.7. The van der Waals surface area contributed by atoms with Gasteiger partial charge in [0, 0.05) is 18.1 Å². The number of hydrogen-bond acceptors (Lipinski definition) is 3. The Balaban J connectivity index is 1.75. The van der Waals surface area contributed by atoms with Gasteiger partial charge >= 0.3 is 0 Å². The average molecular weight is 462 g/mol. The van der Waals surface area contributed by atoms with E-state index in [1.54, 1.807) is 19.9 Å². The second-order valence-electron chi connectivity index (χ2n) is 6.69. The van der Waals surface area contributed by atoms with E-state index >= 15 is 0 Å². The maximum atomic E-state index is 12.5. The predicted octanol–water partition coefficient (Wildman–Crippen LogP) is 6.53. The quantitative estimate of drug-likeness (QED) is 0.549. The van der Waals surface area contributed by atoms with E-state index in [1.807, 2.05) is 12.1 Å². The third kappa shape index (κ3) is 4.30. The van der Waals surface area contributed by atoms with Crippen molar-refractivity contribution in [1.29, 1.82) is 0 Å². The lowest BCUT2D eigenvalue weighted by Crippen LogP contribution is -2.24. The van der Waals surface area contributed by atoms with Crippen LogP contribution >= 0.6 is 46.4 Å². The van der Waals surface area contributed by atoms with Gasteiger partial charge in [-0.25, -0.2) is 0 Å². The molecule has 4 nitrogen and oxygen atoms in total. The van der Waals surface area contributed by atoms with Crippen molar-refractivity contribution in [2.75, 3.05) is 29.9 Å². The van der Waals surface area contributed by atoms with Gasteiger partial charge in [-0.05, 0) is 49.9 Å². The van der Waals surface area contributed by atoms with Gasteiger partial charge in [-0.15, -0.1) is 0 Å². The highest BCUT2D eigenvalue weighted by Gasteiger charge is 2.21. The zero-order valence-corrected chi connectivity index (χ0v) is 18.6. The number of ether oxygens (including phenoxy) is 1. The number of rotatable bonds is 5. The SMILES string of the molecule is Cc1c(Cl)c(C)c(Cl)c(OCC(=O)Nc2cccc(Cl)c2N2CCCC2)c1Cl. The van der Waals surface area contributed by atoms with Gasteiger partial charge in [-0.2, -0.15) is 0 Å². The minimum absolute atomic E-state index is 0.244. The summed E-state index contributed by atoms with van der Waals surface area (Å²) in [6, 6.07) is 5.45. The predicted molar refractivity (Wildman–Crippen MR) is 118 cm³/mol. The molecule has 0 saturated carbocycles. The maximum absolute atomic E-state index is 12.5. The molecule has 1 saturated heterocycles. The number of carbonyl (C=O) groups excluding carboxylic acids is 1. The Bertz CT molecular complexity index is 883. The van der Waals surface area contributed by atoms with Crippen molar-refractivity contribution in [2.24, 2.45) is 0 Å². The van der Waals surface area contributed by atoms with E-state index < -0.39 is 0 Å². The third-order valence-electron chi connectivity index (χ3n) is 4.75. The second-order valence-corrected chi connectivity index (χ2v) is 8.23.